The molecule has 0 saturated carbocycles. The lowest BCUT2D eigenvalue weighted by Gasteiger charge is -2.22. The van der Waals surface area contributed by atoms with Crippen LogP contribution in [0.1, 0.15) is 13.8 Å². The summed E-state index contributed by atoms with van der Waals surface area (Å²) in [5, 5.41) is 2.42. The van der Waals surface area contributed by atoms with E-state index in [-0.39, 0.29) is 6.54 Å². The Morgan fingerprint density at radius 2 is 1.88 bits per heavy atom. The number of hydrogen-bond acceptors (Lipinski definition) is 5. The van der Waals surface area contributed by atoms with Gasteiger partial charge >= 0.3 is 5.97 Å². The number of amides is 1. The van der Waals surface area contributed by atoms with Gasteiger partial charge in [-0.2, -0.15) is 0 Å². The van der Waals surface area contributed by atoms with Crippen molar-refractivity contribution in [1.29, 1.82) is 0 Å². The molecule has 0 bridgehead atoms. The minimum Gasteiger partial charge on any atom is -0.468 e. The van der Waals surface area contributed by atoms with Crippen LogP contribution in [-0.2, 0) is 24.2 Å². The Labute approximate surface area is 115 Å². The smallest absolute Gasteiger partial charge is 0.320 e. The molecular formula is C9H16INO5S. The summed E-state index contributed by atoms with van der Waals surface area (Å²) in [4.78, 5) is 22.8. The molecule has 6 nitrogen and oxygen atoms in total. The number of rotatable bonds is 5. The number of carbonyl (C=O) groups excluding carboxylic acids is 2. The van der Waals surface area contributed by atoms with E-state index in [0.29, 0.717) is 0 Å². The van der Waals surface area contributed by atoms with Crippen LogP contribution in [0, 0.1) is 0 Å². The van der Waals surface area contributed by atoms with Gasteiger partial charge in [-0.25, -0.2) is 8.42 Å². The molecule has 0 fully saturated rings. The summed E-state index contributed by atoms with van der Waals surface area (Å²) in [6.07, 6.45) is 0.994. The average molecular weight is 377 g/mol. The molecule has 0 aromatic heterocycles. The zero-order valence-electron chi connectivity index (χ0n) is 10.1. The van der Waals surface area contributed by atoms with Gasteiger partial charge in [0.2, 0.25) is 5.91 Å². The highest BCUT2D eigenvalue weighted by atomic mass is 127. The van der Waals surface area contributed by atoms with Gasteiger partial charge in [0.05, 0.1) is 7.11 Å². The molecule has 0 aliphatic carbocycles. The molecule has 0 heterocycles. The van der Waals surface area contributed by atoms with E-state index in [2.05, 4.69) is 10.1 Å². The topological polar surface area (TPSA) is 89.5 Å². The van der Waals surface area contributed by atoms with Gasteiger partial charge in [0.25, 0.3) is 0 Å². The molecule has 0 aromatic carbocycles. The second-order valence-electron chi connectivity index (χ2n) is 3.98. The first-order valence-electron chi connectivity index (χ1n) is 4.74. The van der Waals surface area contributed by atoms with Crippen molar-refractivity contribution < 1.29 is 22.7 Å². The van der Waals surface area contributed by atoms with E-state index in [1.807, 2.05) is 22.6 Å². The first kappa shape index (κ1) is 16.6. The summed E-state index contributed by atoms with van der Waals surface area (Å²) >= 11 is 1.81. The third-order valence-corrected chi connectivity index (χ3v) is 5.36. The maximum Gasteiger partial charge on any atom is 0.320 e. The highest BCUT2D eigenvalue weighted by Gasteiger charge is 2.38. The third-order valence-electron chi connectivity index (χ3n) is 2.37. The molecular weight excluding hydrogens is 361 g/mol. The van der Waals surface area contributed by atoms with Crippen LogP contribution in [0.3, 0.4) is 0 Å². The maximum absolute atomic E-state index is 11.7. The van der Waals surface area contributed by atoms with E-state index in [1.165, 1.54) is 21.0 Å². The van der Waals surface area contributed by atoms with Crippen molar-refractivity contribution in [2.75, 3.05) is 19.9 Å². The molecule has 0 aliphatic heterocycles. The van der Waals surface area contributed by atoms with E-state index < -0.39 is 30.4 Å². The first-order valence-corrected chi connectivity index (χ1v) is 7.87. The Balaban J connectivity index is 4.54. The Bertz CT molecular complexity index is 404. The Morgan fingerprint density at radius 3 is 2.24 bits per heavy atom. The van der Waals surface area contributed by atoms with Crippen LogP contribution in [0.25, 0.3) is 0 Å². The fourth-order valence-corrected chi connectivity index (χ4v) is 1.66. The lowest BCUT2D eigenvalue weighted by molar-refractivity contribution is -0.139. The fraction of sp³-hybridized carbons (Fsp3) is 0.778. The third kappa shape index (κ3) is 4.41. The predicted octanol–water partition coefficient (Wildman–Crippen LogP) is -0.0976. The molecule has 0 spiro atoms. The summed E-state index contributed by atoms with van der Waals surface area (Å²) in [5.74, 6) is -1.10. The number of halogens is 1. The molecule has 1 amide bonds. The van der Waals surface area contributed by atoms with Crippen LogP contribution in [0.4, 0.5) is 0 Å². The Morgan fingerprint density at radius 1 is 1.41 bits per heavy atom. The second-order valence-corrected chi connectivity index (χ2v) is 8.05. The average Bonchev–Trinajstić information content (AvgIpc) is 2.22. The summed E-state index contributed by atoms with van der Waals surface area (Å²) in [5.41, 5.74) is 0. The zero-order chi connectivity index (χ0) is 13.9. The summed E-state index contributed by atoms with van der Waals surface area (Å²) < 4.78 is 25.2. The van der Waals surface area contributed by atoms with Crippen LogP contribution in [0.2, 0.25) is 0 Å². The fourth-order valence-electron chi connectivity index (χ4n) is 0.775. The lowest BCUT2D eigenvalue weighted by Crippen LogP contribution is -2.49. The van der Waals surface area contributed by atoms with Crippen LogP contribution in [0.15, 0.2) is 0 Å². The van der Waals surface area contributed by atoms with Crippen molar-refractivity contribution in [3.63, 3.8) is 0 Å². The van der Waals surface area contributed by atoms with Crippen molar-refractivity contribution in [2.24, 2.45) is 0 Å². The quantitative estimate of drug-likeness (QED) is 0.411. The van der Waals surface area contributed by atoms with Crippen molar-refractivity contribution in [2.45, 2.75) is 22.5 Å². The van der Waals surface area contributed by atoms with Crippen LogP contribution in [0.5, 0.6) is 0 Å². The highest BCUT2D eigenvalue weighted by Crippen LogP contribution is 2.15. The zero-order valence-corrected chi connectivity index (χ0v) is 13.1. The molecule has 1 atom stereocenters. The number of esters is 1. The molecule has 0 aliphatic rings. The Hall–Kier alpha value is -0.380. The van der Waals surface area contributed by atoms with Crippen LogP contribution >= 0.6 is 22.6 Å². The van der Waals surface area contributed by atoms with Crippen molar-refractivity contribution in [3.8, 4) is 0 Å². The van der Waals surface area contributed by atoms with E-state index in [1.54, 1.807) is 0 Å². The maximum atomic E-state index is 11.7. The Kier molecular flexibility index (Phi) is 5.85. The summed E-state index contributed by atoms with van der Waals surface area (Å²) in [6.45, 7) is 2.67. The first-order chi connectivity index (χ1) is 7.54. The standard InChI is InChI=1S/C9H16INO5S/c1-9(2,17(4,14)15)8(13)11-5-6(10)7(12)16-3/h6H,5H2,1-4H3,(H,11,13). The van der Waals surface area contributed by atoms with Gasteiger partial charge < -0.3 is 10.1 Å². The van der Waals surface area contributed by atoms with Gasteiger partial charge in [-0.15, -0.1) is 0 Å². The van der Waals surface area contributed by atoms with E-state index >= 15 is 0 Å². The minimum absolute atomic E-state index is 0.0328. The molecule has 17 heavy (non-hydrogen) atoms. The summed E-state index contributed by atoms with van der Waals surface area (Å²) in [7, 11) is -2.26. The van der Waals surface area contributed by atoms with Crippen molar-refractivity contribution >= 4 is 44.3 Å². The van der Waals surface area contributed by atoms with Gasteiger partial charge in [-0.05, 0) is 13.8 Å². The molecule has 0 rings (SSSR count). The lowest BCUT2D eigenvalue weighted by atomic mass is 10.2. The van der Waals surface area contributed by atoms with Crippen molar-refractivity contribution in [3.05, 3.63) is 0 Å². The number of carbonyl (C=O) groups is 2. The minimum atomic E-state index is -3.51. The monoisotopic (exact) mass is 377 g/mol. The molecule has 1 N–H and O–H groups in total. The number of methoxy groups -OCH3 is 1. The van der Waals surface area contributed by atoms with Crippen molar-refractivity contribution in [1.82, 2.24) is 5.32 Å². The number of ether oxygens (including phenoxy) is 1. The normalized spacial score (nSPS) is 13.9. The number of hydrogen-bond donors (Lipinski definition) is 1. The van der Waals surface area contributed by atoms with Gasteiger partial charge in [0.1, 0.15) is 8.67 Å². The van der Waals surface area contributed by atoms with E-state index in [9.17, 15) is 18.0 Å². The van der Waals surface area contributed by atoms with Crippen LogP contribution in [-0.4, -0.2) is 48.9 Å². The largest absolute Gasteiger partial charge is 0.468 e. The predicted molar refractivity (Wildman–Crippen MR) is 71.8 cm³/mol. The molecule has 1 unspecified atom stereocenters. The molecule has 0 aromatic rings. The van der Waals surface area contributed by atoms with Crippen LogP contribution < -0.4 is 5.32 Å². The number of alkyl halides is 1. The highest BCUT2D eigenvalue weighted by molar-refractivity contribution is 14.1. The SMILES string of the molecule is COC(=O)C(I)CNC(=O)C(C)(C)S(C)(=O)=O. The summed E-state index contributed by atoms with van der Waals surface area (Å²) in [6, 6.07) is 0. The molecule has 100 valence electrons. The van der Waals surface area contributed by atoms with E-state index in [4.69, 9.17) is 0 Å². The van der Waals surface area contributed by atoms with Gasteiger partial charge in [-0.1, -0.05) is 22.6 Å². The van der Waals surface area contributed by atoms with Gasteiger partial charge in [-0.3, -0.25) is 9.59 Å². The number of sulfone groups is 1. The van der Waals surface area contributed by atoms with Gasteiger partial charge in [0, 0.05) is 12.8 Å². The van der Waals surface area contributed by atoms with Gasteiger partial charge in [0.15, 0.2) is 9.84 Å². The number of nitrogens with one attached hydrogen (secondary N) is 1. The molecule has 8 heteroatoms. The van der Waals surface area contributed by atoms with E-state index in [0.717, 1.165) is 6.26 Å². The molecule has 0 saturated heterocycles. The second kappa shape index (κ2) is 5.98. The molecule has 0 radical (unpaired) electrons.